The van der Waals surface area contributed by atoms with Gasteiger partial charge < -0.3 is 0 Å². The lowest BCUT2D eigenvalue weighted by molar-refractivity contribution is -0.126. The van der Waals surface area contributed by atoms with Crippen molar-refractivity contribution >= 4 is 45.5 Å². The summed E-state index contributed by atoms with van der Waals surface area (Å²) in [5.74, 6) is 1.11. The second kappa shape index (κ2) is 5.09. The fraction of sp³-hybridized carbons (Fsp3) is 0.400. The molecule has 2 nitrogen and oxygen atoms in total. The molecule has 0 spiro atoms. The van der Waals surface area contributed by atoms with Crippen LogP contribution >= 0.6 is 35.3 Å². The zero-order chi connectivity index (χ0) is 10.7. The van der Waals surface area contributed by atoms with E-state index in [0.29, 0.717) is 6.42 Å². The first kappa shape index (κ1) is 11.1. The van der Waals surface area contributed by atoms with Gasteiger partial charge in [0.1, 0.15) is 4.32 Å². The number of aryl methyl sites for hydroxylation is 1. The monoisotopic (exact) mass is 257 g/mol. The van der Waals surface area contributed by atoms with Gasteiger partial charge in [0.15, 0.2) is 0 Å². The number of nitrogens with zero attached hydrogens (tertiary/aromatic N) is 1. The normalized spacial score (nSPS) is 16.0. The smallest absolute Gasteiger partial charge is 0.228 e. The third-order valence-electron chi connectivity index (χ3n) is 2.23. The minimum absolute atomic E-state index is 0.165. The van der Waals surface area contributed by atoms with E-state index in [0.717, 1.165) is 23.0 Å². The molecule has 1 amide bonds. The number of carbonyl (C=O) groups excluding carboxylic acids is 1. The van der Waals surface area contributed by atoms with Crippen molar-refractivity contribution in [1.82, 2.24) is 4.90 Å². The number of amides is 1. The molecular formula is C10H11NOS3. The van der Waals surface area contributed by atoms with Crippen LogP contribution in [-0.4, -0.2) is 27.4 Å². The third kappa shape index (κ3) is 2.80. The Morgan fingerprint density at radius 1 is 1.60 bits per heavy atom. The SMILES string of the molecule is O=C(CCc1cccs1)N1CCSC1=S. The standard InChI is InChI=1S/C10H11NOS3/c12-9(11-5-7-15-10(11)13)4-3-8-2-1-6-14-8/h1-2,6H,3-5,7H2. The Hall–Kier alpha value is -0.390. The van der Waals surface area contributed by atoms with Crippen LogP contribution in [-0.2, 0) is 11.2 Å². The number of hydrogen-bond donors (Lipinski definition) is 0. The highest BCUT2D eigenvalue weighted by molar-refractivity contribution is 8.23. The maximum atomic E-state index is 11.8. The first-order chi connectivity index (χ1) is 7.27. The molecule has 0 bridgehead atoms. The predicted molar refractivity (Wildman–Crippen MR) is 69.4 cm³/mol. The minimum Gasteiger partial charge on any atom is -0.297 e. The van der Waals surface area contributed by atoms with E-state index in [1.54, 1.807) is 28.0 Å². The lowest BCUT2D eigenvalue weighted by atomic mass is 10.2. The van der Waals surface area contributed by atoms with E-state index in [1.165, 1.54) is 4.88 Å². The number of carbonyl (C=O) groups is 1. The van der Waals surface area contributed by atoms with Crippen LogP contribution < -0.4 is 0 Å². The summed E-state index contributed by atoms with van der Waals surface area (Å²) in [5.41, 5.74) is 0. The van der Waals surface area contributed by atoms with Gasteiger partial charge in [-0.2, -0.15) is 0 Å². The molecule has 0 atom stereocenters. The summed E-state index contributed by atoms with van der Waals surface area (Å²) in [4.78, 5) is 14.8. The fourth-order valence-electron chi connectivity index (χ4n) is 1.44. The number of thioether (sulfide) groups is 1. The van der Waals surface area contributed by atoms with Crippen molar-refractivity contribution in [2.24, 2.45) is 0 Å². The highest BCUT2D eigenvalue weighted by Crippen LogP contribution is 2.19. The number of hydrogen-bond acceptors (Lipinski definition) is 4. The molecule has 5 heteroatoms. The van der Waals surface area contributed by atoms with E-state index in [-0.39, 0.29) is 5.91 Å². The van der Waals surface area contributed by atoms with Crippen molar-refractivity contribution in [2.75, 3.05) is 12.3 Å². The molecule has 80 valence electrons. The van der Waals surface area contributed by atoms with Crippen LogP contribution in [0.1, 0.15) is 11.3 Å². The van der Waals surface area contributed by atoms with Gasteiger partial charge in [-0.15, -0.1) is 11.3 Å². The molecule has 1 aromatic heterocycles. The molecule has 1 fully saturated rings. The average Bonchev–Trinajstić information content (AvgIpc) is 2.84. The summed E-state index contributed by atoms with van der Waals surface area (Å²) in [6.45, 7) is 0.784. The maximum Gasteiger partial charge on any atom is 0.228 e. The quantitative estimate of drug-likeness (QED) is 0.776. The Morgan fingerprint density at radius 3 is 3.07 bits per heavy atom. The van der Waals surface area contributed by atoms with Gasteiger partial charge in [-0.1, -0.05) is 30.0 Å². The fourth-order valence-corrected chi connectivity index (χ4v) is 3.39. The Balaban J connectivity index is 1.84. The second-order valence-electron chi connectivity index (χ2n) is 3.24. The molecule has 0 aromatic carbocycles. The van der Waals surface area contributed by atoms with Crippen molar-refractivity contribution < 1.29 is 4.79 Å². The van der Waals surface area contributed by atoms with Crippen molar-refractivity contribution in [3.8, 4) is 0 Å². The molecule has 1 aromatic rings. The molecular weight excluding hydrogens is 246 g/mol. The zero-order valence-corrected chi connectivity index (χ0v) is 10.6. The van der Waals surface area contributed by atoms with Crippen LogP contribution in [0.25, 0.3) is 0 Å². The maximum absolute atomic E-state index is 11.8. The van der Waals surface area contributed by atoms with Gasteiger partial charge in [0.05, 0.1) is 0 Å². The summed E-state index contributed by atoms with van der Waals surface area (Å²) in [5, 5.41) is 2.04. The largest absolute Gasteiger partial charge is 0.297 e. The highest BCUT2D eigenvalue weighted by atomic mass is 32.2. The van der Waals surface area contributed by atoms with E-state index in [4.69, 9.17) is 12.2 Å². The molecule has 2 heterocycles. The van der Waals surface area contributed by atoms with Crippen LogP contribution in [0.2, 0.25) is 0 Å². The topological polar surface area (TPSA) is 20.3 Å². The predicted octanol–water partition coefficient (Wildman–Crippen LogP) is 2.54. The second-order valence-corrected chi connectivity index (χ2v) is 6.00. The lowest BCUT2D eigenvalue weighted by Crippen LogP contribution is -2.30. The molecule has 1 saturated heterocycles. The molecule has 0 radical (unpaired) electrons. The number of thiophene rings is 1. The van der Waals surface area contributed by atoms with Crippen molar-refractivity contribution in [1.29, 1.82) is 0 Å². The summed E-state index contributed by atoms with van der Waals surface area (Å²) < 4.78 is 0.742. The van der Waals surface area contributed by atoms with E-state index in [2.05, 4.69) is 6.07 Å². The van der Waals surface area contributed by atoms with E-state index in [1.807, 2.05) is 11.4 Å². The Morgan fingerprint density at radius 2 is 2.47 bits per heavy atom. The molecule has 1 aliphatic heterocycles. The summed E-state index contributed by atoms with van der Waals surface area (Å²) >= 11 is 8.40. The van der Waals surface area contributed by atoms with Crippen molar-refractivity contribution in [3.63, 3.8) is 0 Å². The zero-order valence-electron chi connectivity index (χ0n) is 8.14. The molecule has 0 aliphatic carbocycles. The van der Waals surface area contributed by atoms with Crippen molar-refractivity contribution in [2.45, 2.75) is 12.8 Å². The van der Waals surface area contributed by atoms with Crippen LogP contribution in [0.5, 0.6) is 0 Å². The molecule has 0 unspecified atom stereocenters. The third-order valence-corrected chi connectivity index (χ3v) is 4.59. The van der Waals surface area contributed by atoms with Gasteiger partial charge in [-0.25, -0.2) is 0 Å². The number of thiocarbonyl (C=S) groups is 1. The van der Waals surface area contributed by atoms with Gasteiger partial charge in [0.2, 0.25) is 5.91 Å². The van der Waals surface area contributed by atoms with E-state index >= 15 is 0 Å². The summed E-state index contributed by atoms with van der Waals surface area (Å²) in [7, 11) is 0. The van der Waals surface area contributed by atoms with Gasteiger partial charge in [-0.05, 0) is 17.9 Å². The van der Waals surface area contributed by atoms with Crippen LogP contribution in [0.4, 0.5) is 0 Å². The minimum atomic E-state index is 0.165. The van der Waals surface area contributed by atoms with Crippen molar-refractivity contribution in [3.05, 3.63) is 22.4 Å². The highest BCUT2D eigenvalue weighted by Gasteiger charge is 2.23. The Kier molecular flexibility index (Phi) is 3.77. The number of rotatable bonds is 3. The molecule has 1 aliphatic rings. The van der Waals surface area contributed by atoms with E-state index in [9.17, 15) is 4.79 Å². The van der Waals surface area contributed by atoms with Gasteiger partial charge in [-0.3, -0.25) is 9.69 Å². The Labute approximate surface area is 103 Å². The first-order valence-corrected chi connectivity index (χ1v) is 7.04. The molecule has 0 N–H and O–H groups in total. The first-order valence-electron chi connectivity index (χ1n) is 4.77. The summed E-state index contributed by atoms with van der Waals surface area (Å²) in [6, 6.07) is 4.08. The van der Waals surface area contributed by atoms with Crippen LogP contribution in [0.3, 0.4) is 0 Å². The van der Waals surface area contributed by atoms with Crippen LogP contribution in [0.15, 0.2) is 17.5 Å². The Bertz CT molecular complexity index is 361. The van der Waals surface area contributed by atoms with E-state index < -0.39 is 0 Å². The van der Waals surface area contributed by atoms with Crippen LogP contribution in [0, 0.1) is 0 Å². The lowest BCUT2D eigenvalue weighted by Gasteiger charge is -2.13. The molecule has 0 saturated carbocycles. The molecule has 2 rings (SSSR count). The summed E-state index contributed by atoms with van der Waals surface area (Å²) in [6.07, 6.45) is 1.40. The average molecular weight is 257 g/mol. The van der Waals surface area contributed by atoms with Gasteiger partial charge >= 0.3 is 0 Å². The van der Waals surface area contributed by atoms with Gasteiger partial charge in [0, 0.05) is 23.6 Å². The van der Waals surface area contributed by atoms with Gasteiger partial charge in [0.25, 0.3) is 0 Å². The molecule has 15 heavy (non-hydrogen) atoms.